The lowest BCUT2D eigenvalue weighted by molar-refractivity contribution is 0.626. The third kappa shape index (κ3) is 2.53. The number of hydrogen-bond acceptors (Lipinski definition) is 1. The van der Waals surface area contributed by atoms with Crippen LogP contribution in [0.1, 0.15) is 24.1 Å². The van der Waals surface area contributed by atoms with Gasteiger partial charge in [0.15, 0.2) is 0 Å². The van der Waals surface area contributed by atoms with Gasteiger partial charge in [0.1, 0.15) is 5.82 Å². The number of aryl methyl sites for hydroxylation is 1. The molecule has 2 rings (SSSR count). The molecule has 0 saturated carbocycles. The van der Waals surface area contributed by atoms with E-state index in [2.05, 4.69) is 0 Å². The molecule has 17 heavy (non-hydrogen) atoms. The van der Waals surface area contributed by atoms with Crippen molar-refractivity contribution in [1.82, 2.24) is 0 Å². The Balaban J connectivity index is 2.61. The average molecular weight is 229 g/mol. The lowest BCUT2D eigenvalue weighted by Crippen LogP contribution is -2.07. The molecule has 0 amide bonds. The third-order valence-corrected chi connectivity index (χ3v) is 2.83. The first-order chi connectivity index (χ1) is 8.08. The zero-order valence-electron chi connectivity index (χ0n) is 10.1. The summed E-state index contributed by atoms with van der Waals surface area (Å²) in [7, 11) is 0. The van der Waals surface area contributed by atoms with Crippen molar-refractivity contribution in [3.63, 3.8) is 0 Å². The van der Waals surface area contributed by atoms with Crippen molar-refractivity contribution < 1.29 is 4.39 Å². The minimum atomic E-state index is -0.231. The first-order valence-corrected chi connectivity index (χ1v) is 5.70. The lowest BCUT2D eigenvalue weighted by atomic mass is 9.95. The topological polar surface area (TPSA) is 26.0 Å². The van der Waals surface area contributed by atoms with Gasteiger partial charge in [-0.15, -0.1) is 0 Å². The first kappa shape index (κ1) is 11.8. The summed E-state index contributed by atoms with van der Waals surface area (Å²) in [6.07, 6.45) is 0. The largest absolute Gasteiger partial charge is 0.324 e. The third-order valence-electron chi connectivity index (χ3n) is 2.83. The van der Waals surface area contributed by atoms with E-state index >= 15 is 0 Å². The van der Waals surface area contributed by atoms with E-state index in [-0.39, 0.29) is 11.9 Å². The molecule has 0 saturated heterocycles. The Kier molecular flexibility index (Phi) is 3.25. The Morgan fingerprint density at radius 1 is 1.12 bits per heavy atom. The van der Waals surface area contributed by atoms with Gasteiger partial charge in [0.05, 0.1) is 0 Å². The summed E-state index contributed by atoms with van der Waals surface area (Å²) in [6.45, 7) is 3.93. The Bertz CT molecular complexity index is 532. The van der Waals surface area contributed by atoms with E-state index in [9.17, 15) is 4.39 Å². The van der Waals surface area contributed by atoms with Gasteiger partial charge in [0, 0.05) is 6.04 Å². The minimum Gasteiger partial charge on any atom is -0.324 e. The van der Waals surface area contributed by atoms with E-state index in [1.807, 2.05) is 38.1 Å². The maximum atomic E-state index is 13.4. The summed E-state index contributed by atoms with van der Waals surface area (Å²) < 4.78 is 13.4. The van der Waals surface area contributed by atoms with Crippen LogP contribution in [0.3, 0.4) is 0 Å². The van der Waals surface area contributed by atoms with Gasteiger partial charge >= 0.3 is 0 Å². The molecule has 1 nitrogen and oxygen atoms in total. The SMILES string of the molecule is Cc1cccc(-c2cc(F)ccc2C(C)N)c1. The summed E-state index contributed by atoms with van der Waals surface area (Å²) >= 11 is 0. The standard InChI is InChI=1S/C15H16FN/c1-10-4-3-5-12(8-10)15-9-13(16)6-7-14(15)11(2)17/h3-9,11H,17H2,1-2H3. The number of halogens is 1. The van der Waals surface area contributed by atoms with Gasteiger partial charge in [0.25, 0.3) is 0 Å². The number of hydrogen-bond donors (Lipinski definition) is 1. The van der Waals surface area contributed by atoms with E-state index in [1.165, 1.54) is 6.07 Å². The minimum absolute atomic E-state index is 0.105. The van der Waals surface area contributed by atoms with Gasteiger partial charge in [-0.2, -0.15) is 0 Å². The molecule has 0 fully saturated rings. The van der Waals surface area contributed by atoms with Crippen LogP contribution >= 0.6 is 0 Å². The van der Waals surface area contributed by atoms with Gasteiger partial charge in [0.2, 0.25) is 0 Å². The van der Waals surface area contributed by atoms with E-state index in [0.29, 0.717) is 0 Å². The smallest absolute Gasteiger partial charge is 0.123 e. The summed E-state index contributed by atoms with van der Waals surface area (Å²) in [5.74, 6) is -0.231. The maximum absolute atomic E-state index is 13.4. The number of benzene rings is 2. The highest BCUT2D eigenvalue weighted by Gasteiger charge is 2.10. The van der Waals surface area contributed by atoms with Gasteiger partial charge in [-0.05, 0) is 42.7 Å². The molecule has 0 radical (unpaired) electrons. The molecule has 0 spiro atoms. The molecule has 0 heterocycles. The van der Waals surface area contributed by atoms with Crippen LogP contribution in [0.5, 0.6) is 0 Å². The maximum Gasteiger partial charge on any atom is 0.123 e. The predicted molar refractivity (Wildman–Crippen MR) is 69.2 cm³/mol. The fraction of sp³-hybridized carbons (Fsp3) is 0.200. The molecule has 0 aromatic heterocycles. The molecule has 0 bridgehead atoms. The highest BCUT2D eigenvalue weighted by atomic mass is 19.1. The van der Waals surface area contributed by atoms with Crippen LogP contribution in [0.4, 0.5) is 4.39 Å². The highest BCUT2D eigenvalue weighted by molar-refractivity contribution is 5.68. The van der Waals surface area contributed by atoms with Crippen LogP contribution in [0, 0.1) is 12.7 Å². The second kappa shape index (κ2) is 4.68. The Labute approximate surface area is 101 Å². The van der Waals surface area contributed by atoms with E-state index in [1.54, 1.807) is 12.1 Å². The summed E-state index contributed by atoms with van der Waals surface area (Å²) in [5, 5.41) is 0. The molecule has 2 heteroatoms. The van der Waals surface area contributed by atoms with Crippen LogP contribution in [0.25, 0.3) is 11.1 Å². The van der Waals surface area contributed by atoms with Crippen LogP contribution in [-0.2, 0) is 0 Å². The average Bonchev–Trinajstić information content (AvgIpc) is 2.28. The van der Waals surface area contributed by atoms with Crippen LogP contribution < -0.4 is 5.73 Å². The molecule has 2 aromatic carbocycles. The van der Waals surface area contributed by atoms with Crippen molar-refractivity contribution >= 4 is 0 Å². The van der Waals surface area contributed by atoms with Crippen LogP contribution in [0.2, 0.25) is 0 Å². The van der Waals surface area contributed by atoms with E-state index in [0.717, 1.165) is 22.3 Å². The fourth-order valence-electron chi connectivity index (χ4n) is 1.99. The van der Waals surface area contributed by atoms with Gasteiger partial charge in [-0.3, -0.25) is 0 Å². The lowest BCUT2D eigenvalue weighted by Gasteiger charge is -2.13. The quantitative estimate of drug-likeness (QED) is 0.832. The van der Waals surface area contributed by atoms with Crippen molar-refractivity contribution in [2.75, 3.05) is 0 Å². The van der Waals surface area contributed by atoms with E-state index < -0.39 is 0 Å². The first-order valence-electron chi connectivity index (χ1n) is 5.70. The molecule has 1 unspecified atom stereocenters. The molecule has 2 N–H and O–H groups in total. The fourth-order valence-corrected chi connectivity index (χ4v) is 1.99. The molecular formula is C15H16FN. The van der Waals surface area contributed by atoms with Gasteiger partial charge < -0.3 is 5.73 Å². The zero-order valence-corrected chi connectivity index (χ0v) is 10.1. The van der Waals surface area contributed by atoms with Crippen molar-refractivity contribution in [1.29, 1.82) is 0 Å². The van der Waals surface area contributed by atoms with E-state index in [4.69, 9.17) is 5.73 Å². The van der Waals surface area contributed by atoms with Crippen molar-refractivity contribution in [2.24, 2.45) is 5.73 Å². The molecule has 1 atom stereocenters. The Morgan fingerprint density at radius 2 is 1.88 bits per heavy atom. The molecule has 0 aliphatic heterocycles. The summed E-state index contributed by atoms with van der Waals surface area (Å²) in [5.41, 5.74) is 9.93. The Morgan fingerprint density at radius 3 is 2.53 bits per heavy atom. The van der Waals surface area contributed by atoms with Crippen LogP contribution in [0.15, 0.2) is 42.5 Å². The van der Waals surface area contributed by atoms with Crippen LogP contribution in [-0.4, -0.2) is 0 Å². The zero-order chi connectivity index (χ0) is 12.4. The highest BCUT2D eigenvalue weighted by Crippen LogP contribution is 2.28. The predicted octanol–water partition coefficient (Wildman–Crippen LogP) is 3.82. The van der Waals surface area contributed by atoms with Crippen molar-refractivity contribution in [2.45, 2.75) is 19.9 Å². The second-order valence-electron chi connectivity index (χ2n) is 4.39. The normalized spacial score (nSPS) is 12.5. The molecule has 88 valence electrons. The monoisotopic (exact) mass is 229 g/mol. The van der Waals surface area contributed by atoms with Gasteiger partial charge in [-0.1, -0.05) is 35.9 Å². The number of rotatable bonds is 2. The summed E-state index contributed by atoms with van der Waals surface area (Å²) in [4.78, 5) is 0. The molecule has 2 aromatic rings. The summed E-state index contributed by atoms with van der Waals surface area (Å²) in [6, 6.07) is 12.7. The molecule has 0 aliphatic carbocycles. The molecular weight excluding hydrogens is 213 g/mol. The number of nitrogens with two attached hydrogens (primary N) is 1. The molecule has 0 aliphatic rings. The van der Waals surface area contributed by atoms with Gasteiger partial charge in [-0.25, -0.2) is 4.39 Å². The van der Waals surface area contributed by atoms with Crippen molar-refractivity contribution in [3.05, 3.63) is 59.4 Å². The Hall–Kier alpha value is -1.67. The second-order valence-corrected chi connectivity index (χ2v) is 4.39. The van der Waals surface area contributed by atoms with Crippen molar-refractivity contribution in [3.8, 4) is 11.1 Å².